The van der Waals surface area contributed by atoms with Crippen molar-refractivity contribution in [1.29, 1.82) is 0 Å². The van der Waals surface area contributed by atoms with Gasteiger partial charge < -0.3 is 9.15 Å². The Morgan fingerprint density at radius 2 is 1.70 bits per heavy atom. The van der Waals surface area contributed by atoms with Gasteiger partial charge in [0.05, 0.1) is 13.7 Å². The molecule has 1 aromatic heterocycles. The molecule has 2 aliphatic rings. The summed E-state index contributed by atoms with van der Waals surface area (Å²) in [5, 5.41) is 0. The summed E-state index contributed by atoms with van der Waals surface area (Å²) >= 11 is 0. The largest absolute Gasteiger partial charge is 0.464 e. The van der Waals surface area contributed by atoms with E-state index < -0.39 is 5.97 Å². The Bertz CT molecular complexity index is 484. The van der Waals surface area contributed by atoms with Gasteiger partial charge in [-0.25, -0.2) is 9.78 Å². The molecule has 0 radical (unpaired) electrons. The van der Waals surface area contributed by atoms with Gasteiger partial charge >= 0.3 is 5.97 Å². The fourth-order valence-corrected chi connectivity index (χ4v) is 4.12. The van der Waals surface area contributed by atoms with Crippen LogP contribution < -0.4 is 0 Å². The zero-order valence-corrected chi connectivity index (χ0v) is 14.1. The molecule has 2 aliphatic carbocycles. The predicted octanol–water partition coefficient (Wildman–Crippen LogP) is 3.93. The molecule has 0 atom stereocenters. The zero-order chi connectivity index (χ0) is 16.1. The molecule has 2 fully saturated rings. The molecule has 1 aromatic rings. The topological polar surface area (TPSA) is 55.6 Å². The van der Waals surface area contributed by atoms with Crippen LogP contribution in [0.3, 0.4) is 0 Å². The van der Waals surface area contributed by atoms with E-state index in [9.17, 15) is 4.79 Å². The molecule has 23 heavy (non-hydrogen) atoms. The van der Waals surface area contributed by atoms with E-state index in [2.05, 4.69) is 9.88 Å². The number of hydrogen-bond acceptors (Lipinski definition) is 5. The van der Waals surface area contributed by atoms with Crippen molar-refractivity contribution < 1.29 is 13.9 Å². The van der Waals surface area contributed by atoms with Crippen LogP contribution in [0.4, 0.5) is 0 Å². The van der Waals surface area contributed by atoms with E-state index in [0.29, 0.717) is 24.5 Å². The Balaban J connectivity index is 1.71. The summed E-state index contributed by atoms with van der Waals surface area (Å²) in [5.41, 5.74) is 0.273. The number of aromatic nitrogens is 1. The van der Waals surface area contributed by atoms with E-state index in [1.807, 2.05) is 0 Å². The van der Waals surface area contributed by atoms with Crippen LogP contribution in [0.5, 0.6) is 0 Å². The Morgan fingerprint density at radius 3 is 2.22 bits per heavy atom. The number of methoxy groups -OCH3 is 1. The first kappa shape index (κ1) is 16.5. The molecule has 0 amide bonds. The fraction of sp³-hybridized carbons (Fsp3) is 0.778. The normalized spacial score (nSPS) is 20.8. The third-order valence-corrected chi connectivity index (χ3v) is 5.35. The van der Waals surface area contributed by atoms with Gasteiger partial charge in [0.15, 0.2) is 5.69 Å². The summed E-state index contributed by atoms with van der Waals surface area (Å²) in [6, 6.07) is 1.28. The molecule has 2 saturated carbocycles. The van der Waals surface area contributed by atoms with Crippen molar-refractivity contribution in [1.82, 2.24) is 9.88 Å². The van der Waals surface area contributed by atoms with E-state index in [0.717, 1.165) is 0 Å². The molecule has 5 nitrogen and oxygen atoms in total. The zero-order valence-electron chi connectivity index (χ0n) is 14.1. The summed E-state index contributed by atoms with van der Waals surface area (Å²) in [6.07, 6.45) is 14.6. The number of nitrogens with zero attached hydrogens (tertiary/aromatic N) is 2. The highest BCUT2D eigenvalue weighted by molar-refractivity contribution is 5.86. The first-order valence-corrected chi connectivity index (χ1v) is 9.06. The van der Waals surface area contributed by atoms with Crippen molar-refractivity contribution >= 4 is 5.97 Å². The van der Waals surface area contributed by atoms with E-state index in [1.165, 1.54) is 77.6 Å². The molecule has 5 heteroatoms. The van der Waals surface area contributed by atoms with Crippen LogP contribution >= 0.6 is 0 Å². The SMILES string of the molecule is COC(=O)c1coc(CN(C2CCCCC2)C2CCCCC2)n1. The standard InChI is InChI=1S/C18H28N2O3/c1-22-18(21)16-13-23-17(19-16)12-20(14-8-4-2-5-9-14)15-10-6-3-7-11-15/h13-15H,2-12H2,1H3. The van der Waals surface area contributed by atoms with Gasteiger partial charge in [0.1, 0.15) is 6.26 Å². The van der Waals surface area contributed by atoms with E-state index in [1.54, 1.807) is 0 Å². The fourth-order valence-electron chi connectivity index (χ4n) is 4.12. The summed E-state index contributed by atoms with van der Waals surface area (Å²) in [7, 11) is 1.37. The summed E-state index contributed by atoms with van der Waals surface area (Å²) in [4.78, 5) is 18.5. The third-order valence-electron chi connectivity index (χ3n) is 5.35. The molecule has 0 unspecified atom stereocenters. The summed E-state index contributed by atoms with van der Waals surface area (Å²) < 4.78 is 10.3. The number of ether oxygens (including phenoxy) is 1. The maximum Gasteiger partial charge on any atom is 0.360 e. The van der Waals surface area contributed by atoms with Gasteiger partial charge in [0, 0.05) is 12.1 Å². The minimum atomic E-state index is -0.429. The Kier molecular flexibility index (Phi) is 5.70. The highest BCUT2D eigenvalue weighted by Gasteiger charge is 2.30. The first-order valence-electron chi connectivity index (χ1n) is 9.06. The average molecular weight is 320 g/mol. The first-order chi connectivity index (χ1) is 11.3. The predicted molar refractivity (Wildman–Crippen MR) is 87.1 cm³/mol. The molecule has 3 rings (SSSR count). The molecular formula is C18H28N2O3. The van der Waals surface area contributed by atoms with Gasteiger partial charge in [-0.2, -0.15) is 0 Å². The number of carbonyl (C=O) groups is 1. The number of carbonyl (C=O) groups excluding carboxylic acids is 1. The quantitative estimate of drug-likeness (QED) is 0.769. The molecule has 128 valence electrons. The van der Waals surface area contributed by atoms with Crippen LogP contribution in [0.25, 0.3) is 0 Å². The summed E-state index contributed by atoms with van der Waals surface area (Å²) in [5.74, 6) is 0.212. The average Bonchev–Trinajstić information content (AvgIpc) is 3.09. The molecule has 0 N–H and O–H groups in total. The third kappa shape index (κ3) is 4.14. The van der Waals surface area contributed by atoms with Crippen molar-refractivity contribution in [3.8, 4) is 0 Å². The van der Waals surface area contributed by atoms with Gasteiger partial charge in [0.25, 0.3) is 0 Å². The highest BCUT2D eigenvalue weighted by atomic mass is 16.5. The van der Waals surface area contributed by atoms with Crippen molar-refractivity contribution in [2.75, 3.05) is 7.11 Å². The molecule has 0 saturated heterocycles. The van der Waals surface area contributed by atoms with E-state index >= 15 is 0 Å². The number of rotatable bonds is 5. The van der Waals surface area contributed by atoms with Gasteiger partial charge in [-0.05, 0) is 25.7 Å². The van der Waals surface area contributed by atoms with Crippen LogP contribution in [0, 0.1) is 0 Å². The van der Waals surface area contributed by atoms with Crippen molar-refractivity contribution in [3.05, 3.63) is 17.8 Å². The number of oxazole rings is 1. The van der Waals surface area contributed by atoms with Crippen molar-refractivity contribution in [2.24, 2.45) is 0 Å². The van der Waals surface area contributed by atoms with E-state index in [4.69, 9.17) is 9.15 Å². The van der Waals surface area contributed by atoms with Crippen LogP contribution in [0.1, 0.15) is 80.6 Å². The van der Waals surface area contributed by atoms with Crippen LogP contribution in [0.2, 0.25) is 0 Å². The molecule has 0 spiro atoms. The molecule has 1 heterocycles. The Hall–Kier alpha value is -1.36. The molecule has 0 aliphatic heterocycles. The number of hydrogen-bond donors (Lipinski definition) is 0. The van der Waals surface area contributed by atoms with Crippen LogP contribution in [-0.4, -0.2) is 35.0 Å². The minimum absolute atomic E-state index is 0.273. The monoisotopic (exact) mass is 320 g/mol. The Morgan fingerprint density at radius 1 is 1.13 bits per heavy atom. The minimum Gasteiger partial charge on any atom is -0.464 e. The second-order valence-corrected chi connectivity index (χ2v) is 6.87. The van der Waals surface area contributed by atoms with Crippen LogP contribution in [0.15, 0.2) is 10.7 Å². The maximum absolute atomic E-state index is 11.6. The molecule has 0 bridgehead atoms. The smallest absolute Gasteiger partial charge is 0.360 e. The van der Waals surface area contributed by atoms with Crippen molar-refractivity contribution in [2.45, 2.75) is 82.8 Å². The maximum atomic E-state index is 11.6. The lowest BCUT2D eigenvalue weighted by atomic mass is 9.88. The van der Waals surface area contributed by atoms with Crippen LogP contribution in [-0.2, 0) is 11.3 Å². The lowest BCUT2D eigenvalue weighted by Gasteiger charge is -2.41. The Labute approximate surface area is 138 Å². The highest BCUT2D eigenvalue weighted by Crippen LogP contribution is 2.31. The number of esters is 1. The van der Waals surface area contributed by atoms with Gasteiger partial charge in [-0.3, -0.25) is 4.90 Å². The lowest BCUT2D eigenvalue weighted by molar-refractivity contribution is 0.0592. The van der Waals surface area contributed by atoms with Gasteiger partial charge in [-0.15, -0.1) is 0 Å². The van der Waals surface area contributed by atoms with Gasteiger partial charge in [-0.1, -0.05) is 38.5 Å². The molecular weight excluding hydrogens is 292 g/mol. The van der Waals surface area contributed by atoms with Gasteiger partial charge in [0.2, 0.25) is 5.89 Å². The second kappa shape index (κ2) is 7.95. The van der Waals surface area contributed by atoms with Crippen molar-refractivity contribution in [3.63, 3.8) is 0 Å². The molecule has 0 aromatic carbocycles. The summed E-state index contributed by atoms with van der Waals surface area (Å²) in [6.45, 7) is 0.715. The lowest BCUT2D eigenvalue weighted by Crippen LogP contribution is -2.44. The second-order valence-electron chi connectivity index (χ2n) is 6.87. The van der Waals surface area contributed by atoms with E-state index in [-0.39, 0.29) is 5.69 Å².